The number of benzene rings is 2. The Morgan fingerprint density at radius 3 is 2.03 bits per heavy atom. The van der Waals surface area contributed by atoms with Crippen molar-refractivity contribution in [3.05, 3.63) is 75.9 Å². The molecule has 30 heavy (non-hydrogen) atoms. The molecule has 0 spiro atoms. The quantitative estimate of drug-likeness (QED) is 0.544. The van der Waals surface area contributed by atoms with Crippen molar-refractivity contribution in [1.29, 1.82) is 0 Å². The second kappa shape index (κ2) is 8.78. The lowest BCUT2D eigenvalue weighted by Crippen LogP contribution is -2.56. The third-order valence-corrected chi connectivity index (χ3v) is 4.79. The van der Waals surface area contributed by atoms with Crippen LogP contribution in [-0.4, -0.2) is 22.4 Å². The van der Waals surface area contributed by atoms with Gasteiger partial charge in [-0.05, 0) is 84.4 Å². The van der Waals surface area contributed by atoms with Gasteiger partial charge in [-0.25, -0.2) is 13.8 Å². The van der Waals surface area contributed by atoms with Gasteiger partial charge >= 0.3 is 0 Å². The maximum atomic E-state index is 14.1. The van der Waals surface area contributed by atoms with Crippen molar-refractivity contribution in [2.24, 2.45) is 0 Å². The van der Waals surface area contributed by atoms with Crippen molar-refractivity contribution in [2.45, 2.75) is 54.0 Å². The highest BCUT2D eigenvalue weighted by molar-refractivity contribution is 6.02. The van der Waals surface area contributed by atoms with Crippen LogP contribution in [0.25, 0.3) is 5.57 Å². The van der Waals surface area contributed by atoms with Crippen molar-refractivity contribution in [3.8, 4) is 0 Å². The van der Waals surface area contributed by atoms with Crippen LogP contribution in [-0.2, 0) is 4.79 Å². The van der Waals surface area contributed by atoms with Gasteiger partial charge in [-0.3, -0.25) is 15.0 Å². The summed E-state index contributed by atoms with van der Waals surface area (Å²) in [5, 5.41) is 1.27. The summed E-state index contributed by atoms with van der Waals surface area (Å²) in [7, 11) is 0. The Hall–Kier alpha value is -3.02. The smallest absolute Gasteiger partial charge is 0.268 e. The molecule has 0 saturated heterocycles. The van der Waals surface area contributed by atoms with Crippen molar-refractivity contribution in [3.63, 3.8) is 0 Å². The SMILES string of the molecule is C/C(C(=O)NN(C(=O)c1cc(C)cc(C)c1)C(C)(C)C)=C(\C)c1cc(F)ccc1F. The van der Waals surface area contributed by atoms with E-state index in [1.165, 1.54) is 11.9 Å². The molecule has 160 valence electrons. The summed E-state index contributed by atoms with van der Waals surface area (Å²) >= 11 is 0. The van der Waals surface area contributed by atoms with E-state index in [0.717, 1.165) is 29.3 Å². The predicted octanol–water partition coefficient (Wildman–Crippen LogP) is 5.35. The van der Waals surface area contributed by atoms with E-state index in [0.29, 0.717) is 5.56 Å². The van der Waals surface area contributed by atoms with Crippen LogP contribution >= 0.6 is 0 Å². The molecule has 0 aromatic heterocycles. The number of halogens is 2. The fourth-order valence-corrected chi connectivity index (χ4v) is 3.09. The molecule has 0 aliphatic heterocycles. The van der Waals surface area contributed by atoms with Gasteiger partial charge in [0.15, 0.2) is 0 Å². The molecule has 0 heterocycles. The molecule has 1 N–H and O–H groups in total. The average molecular weight is 414 g/mol. The second-order valence-corrected chi connectivity index (χ2v) is 8.50. The number of nitrogens with one attached hydrogen (secondary N) is 1. The zero-order chi connectivity index (χ0) is 22.8. The van der Waals surface area contributed by atoms with Gasteiger partial charge in [0.05, 0.1) is 5.54 Å². The normalized spacial score (nSPS) is 12.3. The van der Waals surface area contributed by atoms with Gasteiger partial charge in [-0.15, -0.1) is 0 Å². The molecule has 0 aliphatic rings. The first-order valence-corrected chi connectivity index (χ1v) is 9.68. The summed E-state index contributed by atoms with van der Waals surface area (Å²) < 4.78 is 27.7. The number of allylic oxidation sites excluding steroid dienone is 1. The third-order valence-electron chi connectivity index (χ3n) is 4.79. The lowest BCUT2D eigenvalue weighted by molar-refractivity contribution is -0.123. The molecule has 0 aliphatic carbocycles. The van der Waals surface area contributed by atoms with Crippen LogP contribution in [0.4, 0.5) is 8.78 Å². The number of amides is 2. The molecule has 0 saturated carbocycles. The largest absolute Gasteiger partial charge is 0.272 e. The minimum Gasteiger partial charge on any atom is -0.268 e. The fraction of sp³-hybridized carbons (Fsp3) is 0.333. The van der Waals surface area contributed by atoms with Crippen molar-refractivity contribution in [2.75, 3.05) is 0 Å². The van der Waals surface area contributed by atoms with E-state index in [2.05, 4.69) is 5.43 Å². The van der Waals surface area contributed by atoms with Gasteiger partial charge in [0.25, 0.3) is 11.8 Å². The minimum absolute atomic E-state index is 0.00518. The number of hydrazine groups is 1. The summed E-state index contributed by atoms with van der Waals surface area (Å²) in [6.07, 6.45) is 0. The Kier molecular flexibility index (Phi) is 6.80. The second-order valence-electron chi connectivity index (χ2n) is 8.50. The Morgan fingerprint density at radius 2 is 1.50 bits per heavy atom. The molecule has 2 amide bonds. The Morgan fingerprint density at radius 1 is 0.933 bits per heavy atom. The number of hydrogen-bond acceptors (Lipinski definition) is 2. The van der Waals surface area contributed by atoms with E-state index < -0.39 is 23.1 Å². The van der Waals surface area contributed by atoms with Crippen LogP contribution < -0.4 is 5.43 Å². The molecule has 0 unspecified atom stereocenters. The first-order chi connectivity index (χ1) is 13.8. The van der Waals surface area contributed by atoms with Crippen LogP contribution in [0, 0.1) is 25.5 Å². The van der Waals surface area contributed by atoms with Crippen LogP contribution in [0.2, 0.25) is 0 Å². The number of nitrogens with zero attached hydrogens (tertiary/aromatic N) is 1. The fourth-order valence-electron chi connectivity index (χ4n) is 3.09. The number of carbonyl (C=O) groups is 2. The zero-order valence-electron chi connectivity index (χ0n) is 18.5. The monoisotopic (exact) mass is 414 g/mol. The number of hydrogen-bond donors (Lipinski definition) is 1. The number of rotatable bonds is 3. The van der Waals surface area contributed by atoms with Crippen molar-refractivity contribution in [1.82, 2.24) is 10.4 Å². The van der Waals surface area contributed by atoms with E-state index in [4.69, 9.17) is 0 Å². The number of aryl methyl sites for hydroxylation is 2. The lowest BCUT2D eigenvalue weighted by Gasteiger charge is -2.36. The van der Waals surface area contributed by atoms with Gasteiger partial charge in [-0.2, -0.15) is 0 Å². The molecule has 2 rings (SSSR count). The number of carbonyl (C=O) groups excluding carboxylic acids is 2. The molecule has 0 radical (unpaired) electrons. The summed E-state index contributed by atoms with van der Waals surface area (Å²) in [4.78, 5) is 26.1. The summed E-state index contributed by atoms with van der Waals surface area (Å²) in [6.45, 7) is 12.2. The average Bonchev–Trinajstić information content (AvgIpc) is 2.64. The molecule has 2 aromatic rings. The van der Waals surface area contributed by atoms with Crippen LogP contribution in [0.5, 0.6) is 0 Å². The van der Waals surface area contributed by atoms with Gasteiger partial charge in [0.2, 0.25) is 0 Å². The molecular formula is C24H28F2N2O2. The van der Waals surface area contributed by atoms with Crippen LogP contribution in [0.15, 0.2) is 42.0 Å². The molecule has 0 fully saturated rings. The minimum atomic E-state index is -0.720. The van der Waals surface area contributed by atoms with Crippen LogP contribution in [0.1, 0.15) is 61.7 Å². The zero-order valence-corrected chi connectivity index (χ0v) is 18.5. The van der Waals surface area contributed by atoms with Gasteiger partial charge in [-0.1, -0.05) is 17.2 Å². The molecule has 0 bridgehead atoms. The molecule has 6 heteroatoms. The van der Waals surface area contributed by atoms with Gasteiger partial charge in [0, 0.05) is 16.7 Å². The topological polar surface area (TPSA) is 49.4 Å². The Balaban J connectivity index is 2.40. The maximum absolute atomic E-state index is 14.1. The first-order valence-electron chi connectivity index (χ1n) is 9.68. The summed E-state index contributed by atoms with van der Waals surface area (Å²) in [6, 6.07) is 8.56. The van der Waals surface area contributed by atoms with Crippen molar-refractivity contribution >= 4 is 17.4 Å². The van der Waals surface area contributed by atoms with E-state index >= 15 is 0 Å². The molecule has 0 atom stereocenters. The predicted molar refractivity (Wildman–Crippen MR) is 115 cm³/mol. The van der Waals surface area contributed by atoms with E-state index in [1.54, 1.807) is 39.8 Å². The Bertz CT molecular complexity index is 1000. The summed E-state index contributed by atoms with van der Waals surface area (Å²) in [5.41, 5.74) is 4.74. The van der Waals surface area contributed by atoms with Crippen LogP contribution in [0.3, 0.4) is 0 Å². The molecular weight excluding hydrogens is 386 g/mol. The van der Waals surface area contributed by atoms with Crippen molar-refractivity contribution < 1.29 is 18.4 Å². The third kappa shape index (κ3) is 5.32. The maximum Gasteiger partial charge on any atom is 0.272 e. The standard InChI is InChI=1S/C24H28F2N2O2/c1-14-10-15(2)12-18(11-14)23(30)28(24(5,6)7)27-22(29)17(4)16(3)20-13-19(25)8-9-21(20)26/h8-13H,1-7H3,(H,27,29)/b17-16-. The highest BCUT2D eigenvalue weighted by Gasteiger charge is 2.30. The van der Waals surface area contributed by atoms with E-state index in [-0.39, 0.29) is 22.6 Å². The highest BCUT2D eigenvalue weighted by Crippen LogP contribution is 2.23. The first kappa shape index (κ1) is 23.3. The van der Waals surface area contributed by atoms with Gasteiger partial charge < -0.3 is 0 Å². The summed E-state index contributed by atoms with van der Waals surface area (Å²) in [5.74, 6) is -2.14. The molecule has 2 aromatic carbocycles. The lowest BCUT2D eigenvalue weighted by atomic mass is 10.0. The Labute approximate surface area is 176 Å². The van der Waals surface area contributed by atoms with Gasteiger partial charge in [0.1, 0.15) is 11.6 Å². The highest BCUT2D eigenvalue weighted by atomic mass is 19.1. The van der Waals surface area contributed by atoms with E-state index in [9.17, 15) is 18.4 Å². The molecule has 4 nitrogen and oxygen atoms in total. The van der Waals surface area contributed by atoms with E-state index in [1.807, 2.05) is 19.9 Å².